The van der Waals surface area contributed by atoms with Crippen LogP contribution in [0.5, 0.6) is 5.75 Å². The Morgan fingerprint density at radius 3 is 2.47 bits per heavy atom. The van der Waals surface area contributed by atoms with E-state index in [4.69, 9.17) is 4.74 Å². The number of rotatable bonds is 6. The molecule has 1 aliphatic rings. The van der Waals surface area contributed by atoms with E-state index in [0.29, 0.717) is 11.4 Å². The second-order valence-corrected chi connectivity index (χ2v) is 8.32. The normalized spacial score (nSPS) is 15.0. The molecule has 1 fully saturated rings. The third-order valence-corrected chi connectivity index (χ3v) is 5.68. The molecule has 0 aliphatic carbocycles. The fourth-order valence-corrected chi connectivity index (χ4v) is 3.89. The summed E-state index contributed by atoms with van der Waals surface area (Å²) >= 11 is 0. The summed E-state index contributed by atoms with van der Waals surface area (Å²) in [6.07, 6.45) is 4.37. The Bertz CT molecular complexity index is 1040. The number of carbonyl (C=O) groups excluding carboxylic acids is 1. The lowest BCUT2D eigenvalue weighted by Crippen LogP contribution is -2.30. The van der Waals surface area contributed by atoms with Gasteiger partial charge in [0.15, 0.2) is 11.9 Å². The van der Waals surface area contributed by atoms with E-state index >= 15 is 0 Å². The molecule has 32 heavy (non-hydrogen) atoms. The molecule has 0 bridgehead atoms. The molecule has 0 saturated carbocycles. The van der Waals surface area contributed by atoms with Crippen LogP contribution in [0, 0.1) is 6.92 Å². The van der Waals surface area contributed by atoms with Crippen LogP contribution < -0.4 is 15.0 Å². The van der Waals surface area contributed by atoms with Crippen LogP contribution in [0.3, 0.4) is 0 Å². The van der Waals surface area contributed by atoms with Gasteiger partial charge >= 0.3 is 0 Å². The first kappa shape index (κ1) is 21.8. The van der Waals surface area contributed by atoms with Crippen LogP contribution >= 0.6 is 0 Å². The molecule has 1 amide bonds. The second-order valence-electron chi connectivity index (χ2n) is 8.32. The Labute approximate surface area is 189 Å². The lowest BCUT2D eigenvalue weighted by molar-refractivity contribution is -0.122. The first-order chi connectivity index (χ1) is 15.6. The van der Waals surface area contributed by atoms with Crippen LogP contribution in [-0.2, 0) is 4.79 Å². The first-order valence-corrected chi connectivity index (χ1v) is 11.3. The molecule has 2 aromatic carbocycles. The van der Waals surface area contributed by atoms with Gasteiger partial charge in [0.25, 0.3) is 5.91 Å². The van der Waals surface area contributed by atoms with E-state index in [9.17, 15) is 4.79 Å². The number of aromatic nitrogens is 2. The molecule has 4 rings (SSSR count). The second kappa shape index (κ2) is 10.3. The molecular formula is C26H30N4O2. The average Bonchev–Trinajstić information content (AvgIpc) is 3.09. The van der Waals surface area contributed by atoms with Crippen molar-refractivity contribution in [2.24, 2.45) is 0 Å². The van der Waals surface area contributed by atoms with Crippen LogP contribution in [0.25, 0.3) is 11.3 Å². The minimum atomic E-state index is -0.617. The average molecular weight is 431 g/mol. The summed E-state index contributed by atoms with van der Waals surface area (Å²) in [5.41, 5.74) is 3.48. The number of carbonyl (C=O) groups is 1. The zero-order valence-electron chi connectivity index (χ0n) is 18.8. The number of aryl methyl sites for hydroxylation is 1. The number of amides is 1. The Morgan fingerprint density at radius 1 is 0.969 bits per heavy atom. The molecule has 2 heterocycles. The largest absolute Gasteiger partial charge is 0.481 e. The van der Waals surface area contributed by atoms with Gasteiger partial charge in [-0.25, -0.2) is 0 Å². The molecule has 6 nitrogen and oxygen atoms in total. The Morgan fingerprint density at radius 2 is 1.75 bits per heavy atom. The minimum Gasteiger partial charge on any atom is -0.481 e. The maximum atomic E-state index is 12.6. The molecule has 0 radical (unpaired) electrons. The lowest BCUT2D eigenvalue weighted by atomic mass is 10.1. The quantitative estimate of drug-likeness (QED) is 0.579. The van der Waals surface area contributed by atoms with E-state index in [1.54, 1.807) is 6.92 Å². The number of hydrogen-bond donors (Lipinski definition) is 1. The molecule has 1 aromatic heterocycles. The summed E-state index contributed by atoms with van der Waals surface area (Å²) in [5.74, 6) is 1.41. The summed E-state index contributed by atoms with van der Waals surface area (Å²) in [4.78, 5) is 14.9. The van der Waals surface area contributed by atoms with Gasteiger partial charge in [0.05, 0.1) is 5.69 Å². The zero-order chi connectivity index (χ0) is 22.3. The molecule has 1 N–H and O–H groups in total. The van der Waals surface area contributed by atoms with Gasteiger partial charge in [-0.05, 0) is 68.7 Å². The highest BCUT2D eigenvalue weighted by molar-refractivity contribution is 5.94. The molecular weight excluding hydrogens is 400 g/mol. The molecule has 1 unspecified atom stereocenters. The fourth-order valence-electron chi connectivity index (χ4n) is 3.89. The Hall–Kier alpha value is -3.41. The lowest BCUT2D eigenvalue weighted by Gasteiger charge is -2.20. The summed E-state index contributed by atoms with van der Waals surface area (Å²) in [7, 11) is 0. The van der Waals surface area contributed by atoms with Crippen LogP contribution in [0.2, 0.25) is 0 Å². The highest BCUT2D eigenvalue weighted by atomic mass is 16.5. The van der Waals surface area contributed by atoms with Gasteiger partial charge in [-0.1, -0.05) is 37.1 Å². The number of ether oxygens (including phenoxy) is 1. The summed E-state index contributed by atoms with van der Waals surface area (Å²) < 4.78 is 5.78. The van der Waals surface area contributed by atoms with Crippen LogP contribution in [0.1, 0.15) is 38.2 Å². The molecule has 1 aliphatic heterocycles. The fraction of sp³-hybridized carbons (Fsp3) is 0.346. The van der Waals surface area contributed by atoms with Crippen molar-refractivity contribution < 1.29 is 9.53 Å². The maximum absolute atomic E-state index is 12.6. The van der Waals surface area contributed by atoms with Gasteiger partial charge in [0.1, 0.15) is 5.75 Å². The van der Waals surface area contributed by atoms with Crippen molar-refractivity contribution in [3.8, 4) is 17.0 Å². The molecule has 1 atom stereocenters. The van der Waals surface area contributed by atoms with Gasteiger partial charge in [-0.15, -0.1) is 10.2 Å². The predicted octanol–water partition coefficient (Wildman–Crippen LogP) is 5.24. The third kappa shape index (κ3) is 5.63. The third-order valence-electron chi connectivity index (χ3n) is 5.68. The topological polar surface area (TPSA) is 67.3 Å². The summed E-state index contributed by atoms with van der Waals surface area (Å²) in [5, 5.41) is 11.8. The summed E-state index contributed by atoms with van der Waals surface area (Å²) in [6, 6.07) is 19.4. The molecule has 6 heteroatoms. The number of benzene rings is 2. The van der Waals surface area contributed by atoms with E-state index in [2.05, 4.69) is 20.4 Å². The van der Waals surface area contributed by atoms with E-state index in [1.807, 2.05) is 67.6 Å². The Balaban J connectivity index is 1.41. The number of nitrogens with one attached hydrogen (secondary N) is 1. The standard InChI is InChI=1S/C26H30N4O2/c1-19-9-7-12-23(17-19)32-20(2)26(31)27-22-11-8-10-21(18-22)24-13-14-25(29-28-24)30-15-5-3-4-6-16-30/h7-14,17-18,20H,3-6,15-16H2,1-2H3,(H,27,31). The SMILES string of the molecule is Cc1cccc(OC(C)C(=O)Nc2cccc(-c3ccc(N4CCCCCC4)nn3)c2)c1. The van der Waals surface area contributed by atoms with Crippen molar-refractivity contribution in [2.75, 3.05) is 23.3 Å². The van der Waals surface area contributed by atoms with Crippen LogP contribution in [0.4, 0.5) is 11.5 Å². The van der Waals surface area contributed by atoms with E-state index in [0.717, 1.165) is 35.7 Å². The van der Waals surface area contributed by atoms with Crippen molar-refractivity contribution in [1.29, 1.82) is 0 Å². The van der Waals surface area contributed by atoms with Crippen molar-refractivity contribution in [3.05, 3.63) is 66.2 Å². The molecule has 3 aromatic rings. The number of hydrogen-bond acceptors (Lipinski definition) is 5. The van der Waals surface area contributed by atoms with E-state index in [-0.39, 0.29) is 5.91 Å². The smallest absolute Gasteiger partial charge is 0.265 e. The van der Waals surface area contributed by atoms with Gasteiger partial charge < -0.3 is 15.0 Å². The predicted molar refractivity (Wildman–Crippen MR) is 128 cm³/mol. The highest BCUT2D eigenvalue weighted by Gasteiger charge is 2.16. The minimum absolute atomic E-state index is 0.203. The van der Waals surface area contributed by atoms with Crippen LogP contribution in [0.15, 0.2) is 60.7 Å². The number of anilines is 2. The van der Waals surface area contributed by atoms with Crippen LogP contribution in [-0.4, -0.2) is 35.3 Å². The summed E-state index contributed by atoms with van der Waals surface area (Å²) in [6.45, 7) is 5.82. The van der Waals surface area contributed by atoms with Gasteiger partial charge in [-0.2, -0.15) is 0 Å². The van der Waals surface area contributed by atoms with Crippen molar-refractivity contribution in [3.63, 3.8) is 0 Å². The molecule has 166 valence electrons. The van der Waals surface area contributed by atoms with Gasteiger partial charge in [0.2, 0.25) is 0 Å². The van der Waals surface area contributed by atoms with Gasteiger partial charge in [-0.3, -0.25) is 4.79 Å². The molecule has 1 saturated heterocycles. The monoisotopic (exact) mass is 430 g/mol. The Kier molecular flexibility index (Phi) is 7.00. The van der Waals surface area contributed by atoms with Gasteiger partial charge in [0, 0.05) is 24.3 Å². The van der Waals surface area contributed by atoms with E-state index < -0.39 is 6.10 Å². The molecule has 0 spiro atoms. The van der Waals surface area contributed by atoms with Crippen molar-refractivity contribution in [2.45, 2.75) is 45.6 Å². The van der Waals surface area contributed by atoms with Crippen molar-refractivity contribution >= 4 is 17.4 Å². The maximum Gasteiger partial charge on any atom is 0.265 e. The first-order valence-electron chi connectivity index (χ1n) is 11.3. The van der Waals surface area contributed by atoms with E-state index in [1.165, 1.54) is 25.7 Å². The zero-order valence-corrected chi connectivity index (χ0v) is 18.8. The van der Waals surface area contributed by atoms with Crippen molar-refractivity contribution in [1.82, 2.24) is 10.2 Å². The number of nitrogens with zero attached hydrogens (tertiary/aromatic N) is 3. The highest BCUT2D eigenvalue weighted by Crippen LogP contribution is 2.23.